The van der Waals surface area contributed by atoms with Gasteiger partial charge in [-0.1, -0.05) is 59.6 Å². The third-order valence-corrected chi connectivity index (χ3v) is 3.09. The Kier molecular flexibility index (Phi) is 6.20. The average molecular weight is 282 g/mol. The van der Waals surface area contributed by atoms with E-state index in [1.54, 1.807) is 0 Å². The summed E-state index contributed by atoms with van der Waals surface area (Å²) in [4.78, 5) is 0. The molecule has 0 aliphatic carbocycles. The largest absolute Gasteiger partial charge is 0.309 e. The molecule has 0 heterocycles. The maximum Gasteiger partial charge on any atom is 0.0450 e. The summed E-state index contributed by atoms with van der Waals surface area (Å²) in [5, 5.41) is 4.22. The van der Waals surface area contributed by atoms with Gasteiger partial charge in [-0.2, -0.15) is 0 Å². The van der Waals surface area contributed by atoms with E-state index in [1.807, 2.05) is 24.3 Å². The minimum absolute atomic E-state index is 0. The monoisotopic (exact) mass is 281 g/mol. The Morgan fingerprint density at radius 2 is 1.61 bits per heavy atom. The molecule has 3 heteroatoms. The maximum absolute atomic E-state index is 6.09. The predicted molar refractivity (Wildman–Crippen MR) is 80.4 cm³/mol. The van der Waals surface area contributed by atoms with Gasteiger partial charge in [-0.3, -0.25) is 0 Å². The molecule has 0 saturated carbocycles. The fourth-order valence-electron chi connectivity index (χ4n) is 1.69. The van der Waals surface area contributed by atoms with Crippen LogP contribution in [-0.4, -0.2) is 0 Å². The van der Waals surface area contributed by atoms with Gasteiger partial charge in [0, 0.05) is 18.1 Å². The fraction of sp³-hybridized carbons (Fsp3) is 0.200. The first-order valence-corrected chi connectivity index (χ1v) is 6.13. The minimum atomic E-state index is 0. The van der Waals surface area contributed by atoms with Gasteiger partial charge >= 0.3 is 0 Å². The molecule has 2 aromatic carbocycles. The van der Waals surface area contributed by atoms with Gasteiger partial charge in [0.25, 0.3) is 0 Å². The van der Waals surface area contributed by atoms with E-state index >= 15 is 0 Å². The summed E-state index contributed by atoms with van der Waals surface area (Å²) in [5.41, 5.74) is 3.73. The third-order valence-electron chi connectivity index (χ3n) is 2.72. The standard InChI is InChI=1S/C15H16ClN.ClH/c1-12-6-8-13(9-7-12)10-17-11-14-4-2-3-5-15(14)16;/h2-9,17H,10-11H2,1H3;1H. The smallest absolute Gasteiger partial charge is 0.0450 e. The number of hydrogen-bond donors (Lipinski definition) is 1. The molecule has 0 spiro atoms. The number of hydrogen-bond acceptors (Lipinski definition) is 1. The molecule has 0 saturated heterocycles. The van der Waals surface area contributed by atoms with Crippen molar-refractivity contribution in [3.05, 3.63) is 70.2 Å². The Bertz CT molecular complexity index is 480. The highest BCUT2D eigenvalue weighted by molar-refractivity contribution is 6.31. The van der Waals surface area contributed by atoms with Gasteiger partial charge in [0.2, 0.25) is 0 Å². The number of nitrogens with one attached hydrogen (secondary N) is 1. The SMILES string of the molecule is Cc1ccc(CNCc2ccccc2Cl)cc1.Cl. The van der Waals surface area contributed by atoms with Crippen LogP contribution >= 0.6 is 24.0 Å². The van der Waals surface area contributed by atoms with Crippen LogP contribution in [-0.2, 0) is 13.1 Å². The summed E-state index contributed by atoms with van der Waals surface area (Å²) in [6, 6.07) is 16.5. The summed E-state index contributed by atoms with van der Waals surface area (Å²) in [5.74, 6) is 0. The lowest BCUT2D eigenvalue weighted by molar-refractivity contribution is 0.693. The molecule has 1 N–H and O–H groups in total. The van der Waals surface area contributed by atoms with Gasteiger partial charge in [0.1, 0.15) is 0 Å². The Morgan fingerprint density at radius 3 is 2.28 bits per heavy atom. The zero-order valence-electron chi connectivity index (χ0n) is 10.3. The Balaban J connectivity index is 0.00000162. The summed E-state index contributed by atoms with van der Waals surface area (Å²) in [6.45, 7) is 3.76. The molecule has 0 bridgehead atoms. The second-order valence-electron chi connectivity index (χ2n) is 4.18. The number of aryl methyl sites for hydroxylation is 1. The van der Waals surface area contributed by atoms with Crippen LogP contribution in [0.1, 0.15) is 16.7 Å². The zero-order chi connectivity index (χ0) is 12.1. The second-order valence-corrected chi connectivity index (χ2v) is 4.59. The second kappa shape index (κ2) is 7.42. The van der Waals surface area contributed by atoms with Crippen LogP contribution in [0.25, 0.3) is 0 Å². The molecule has 0 amide bonds. The normalized spacial score (nSPS) is 9.89. The molecule has 0 aromatic heterocycles. The summed E-state index contributed by atoms with van der Waals surface area (Å²) < 4.78 is 0. The minimum Gasteiger partial charge on any atom is -0.309 e. The quantitative estimate of drug-likeness (QED) is 0.878. The molecule has 2 rings (SSSR count). The van der Waals surface area contributed by atoms with E-state index in [0.717, 1.165) is 23.7 Å². The van der Waals surface area contributed by atoms with Crippen molar-refractivity contribution in [1.82, 2.24) is 5.32 Å². The van der Waals surface area contributed by atoms with Crippen molar-refractivity contribution in [2.45, 2.75) is 20.0 Å². The highest BCUT2D eigenvalue weighted by Crippen LogP contribution is 2.14. The molecular formula is C15H17Cl2N. The van der Waals surface area contributed by atoms with Gasteiger partial charge in [0.15, 0.2) is 0 Å². The topological polar surface area (TPSA) is 12.0 Å². The van der Waals surface area contributed by atoms with Crippen LogP contribution in [0.3, 0.4) is 0 Å². The van der Waals surface area contributed by atoms with E-state index in [9.17, 15) is 0 Å². The molecule has 0 aliphatic rings. The van der Waals surface area contributed by atoms with Gasteiger partial charge in [-0.25, -0.2) is 0 Å². The maximum atomic E-state index is 6.09. The molecule has 0 radical (unpaired) electrons. The third kappa shape index (κ3) is 4.34. The van der Waals surface area contributed by atoms with E-state index in [1.165, 1.54) is 11.1 Å². The van der Waals surface area contributed by atoms with Crippen molar-refractivity contribution < 1.29 is 0 Å². The van der Waals surface area contributed by atoms with Crippen molar-refractivity contribution in [3.63, 3.8) is 0 Å². The average Bonchev–Trinajstić information content (AvgIpc) is 2.34. The van der Waals surface area contributed by atoms with E-state index in [-0.39, 0.29) is 12.4 Å². The van der Waals surface area contributed by atoms with Gasteiger partial charge in [-0.15, -0.1) is 12.4 Å². The van der Waals surface area contributed by atoms with Crippen LogP contribution in [0.5, 0.6) is 0 Å². The lowest BCUT2D eigenvalue weighted by Gasteiger charge is -2.07. The lowest BCUT2D eigenvalue weighted by Crippen LogP contribution is -2.12. The summed E-state index contributed by atoms with van der Waals surface area (Å²) >= 11 is 6.09. The van der Waals surface area contributed by atoms with E-state index in [0.29, 0.717) is 0 Å². The number of benzene rings is 2. The summed E-state index contributed by atoms with van der Waals surface area (Å²) in [6.07, 6.45) is 0. The zero-order valence-corrected chi connectivity index (χ0v) is 11.9. The van der Waals surface area contributed by atoms with Crippen LogP contribution in [0, 0.1) is 6.92 Å². The Morgan fingerprint density at radius 1 is 0.944 bits per heavy atom. The van der Waals surface area contributed by atoms with E-state index in [4.69, 9.17) is 11.6 Å². The highest BCUT2D eigenvalue weighted by Gasteiger charge is 1.98. The molecule has 2 aromatic rings. The fourth-order valence-corrected chi connectivity index (χ4v) is 1.89. The van der Waals surface area contributed by atoms with Crippen LogP contribution in [0.2, 0.25) is 5.02 Å². The van der Waals surface area contributed by atoms with Crippen molar-refractivity contribution in [2.24, 2.45) is 0 Å². The Labute approximate surface area is 120 Å². The Hall–Kier alpha value is -1.02. The van der Waals surface area contributed by atoms with Crippen molar-refractivity contribution in [3.8, 4) is 0 Å². The van der Waals surface area contributed by atoms with E-state index in [2.05, 4.69) is 36.5 Å². The molecule has 0 fully saturated rings. The van der Waals surface area contributed by atoms with Crippen LogP contribution in [0.15, 0.2) is 48.5 Å². The molecule has 96 valence electrons. The first kappa shape index (κ1) is 15.0. The highest BCUT2D eigenvalue weighted by atomic mass is 35.5. The number of rotatable bonds is 4. The van der Waals surface area contributed by atoms with Crippen LogP contribution < -0.4 is 5.32 Å². The molecule has 0 atom stereocenters. The van der Waals surface area contributed by atoms with E-state index < -0.39 is 0 Å². The predicted octanol–water partition coefficient (Wildman–Crippen LogP) is 4.36. The first-order valence-electron chi connectivity index (χ1n) is 5.75. The molecular weight excluding hydrogens is 265 g/mol. The lowest BCUT2D eigenvalue weighted by atomic mass is 10.1. The first-order chi connectivity index (χ1) is 8.25. The molecule has 0 unspecified atom stereocenters. The van der Waals surface area contributed by atoms with Gasteiger partial charge < -0.3 is 5.32 Å². The van der Waals surface area contributed by atoms with Crippen LogP contribution in [0.4, 0.5) is 0 Å². The number of halogens is 2. The van der Waals surface area contributed by atoms with Crippen molar-refractivity contribution in [1.29, 1.82) is 0 Å². The molecule has 0 aliphatic heterocycles. The van der Waals surface area contributed by atoms with Crippen molar-refractivity contribution in [2.75, 3.05) is 0 Å². The van der Waals surface area contributed by atoms with Crippen molar-refractivity contribution >= 4 is 24.0 Å². The molecule has 18 heavy (non-hydrogen) atoms. The summed E-state index contributed by atoms with van der Waals surface area (Å²) in [7, 11) is 0. The van der Waals surface area contributed by atoms with Gasteiger partial charge in [-0.05, 0) is 24.1 Å². The van der Waals surface area contributed by atoms with Gasteiger partial charge in [0.05, 0.1) is 0 Å². The molecule has 1 nitrogen and oxygen atoms in total.